The summed E-state index contributed by atoms with van der Waals surface area (Å²) in [4.78, 5) is 21.4. The molecule has 0 aliphatic rings. The van der Waals surface area contributed by atoms with Crippen LogP contribution in [0.2, 0.25) is 0 Å². The van der Waals surface area contributed by atoms with Crippen LogP contribution in [0.3, 0.4) is 0 Å². The SMILES string of the molecule is COC(=O)Cc1c(C)cc([N+](=O)[O-])cc1CCl. The molecule has 0 aromatic heterocycles. The summed E-state index contributed by atoms with van der Waals surface area (Å²) in [6.45, 7) is 1.71. The molecule has 92 valence electrons. The third-order valence-electron chi connectivity index (χ3n) is 2.45. The van der Waals surface area contributed by atoms with Gasteiger partial charge in [-0.3, -0.25) is 14.9 Å². The summed E-state index contributed by atoms with van der Waals surface area (Å²) in [5, 5.41) is 10.7. The van der Waals surface area contributed by atoms with E-state index in [-0.39, 0.29) is 18.0 Å². The maximum absolute atomic E-state index is 11.2. The Kier molecular flexibility index (Phi) is 4.45. The van der Waals surface area contributed by atoms with Crippen LogP contribution in [0.25, 0.3) is 0 Å². The van der Waals surface area contributed by atoms with E-state index >= 15 is 0 Å². The number of alkyl halides is 1. The van der Waals surface area contributed by atoms with Crippen LogP contribution in [-0.4, -0.2) is 18.0 Å². The van der Waals surface area contributed by atoms with Crippen LogP contribution in [0.15, 0.2) is 12.1 Å². The minimum absolute atomic E-state index is 0.0215. The van der Waals surface area contributed by atoms with Gasteiger partial charge in [-0.1, -0.05) is 0 Å². The molecule has 0 bridgehead atoms. The largest absolute Gasteiger partial charge is 0.469 e. The molecule has 17 heavy (non-hydrogen) atoms. The van der Waals surface area contributed by atoms with E-state index in [0.717, 1.165) is 0 Å². The van der Waals surface area contributed by atoms with Gasteiger partial charge in [0.25, 0.3) is 5.69 Å². The Hall–Kier alpha value is -1.62. The molecule has 6 heteroatoms. The van der Waals surface area contributed by atoms with Crippen molar-refractivity contribution in [3.8, 4) is 0 Å². The van der Waals surface area contributed by atoms with Crippen molar-refractivity contribution >= 4 is 23.3 Å². The molecule has 0 saturated heterocycles. The zero-order valence-corrected chi connectivity index (χ0v) is 10.3. The Morgan fingerprint density at radius 3 is 2.65 bits per heavy atom. The number of rotatable bonds is 4. The topological polar surface area (TPSA) is 69.4 Å². The zero-order chi connectivity index (χ0) is 13.0. The quantitative estimate of drug-likeness (QED) is 0.359. The Balaban J connectivity index is 3.21. The molecule has 0 aliphatic carbocycles. The first-order valence-electron chi connectivity index (χ1n) is 4.89. The number of benzene rings is 1. The predicted molar refractivity (Wildman–Crippen MR) is 63.1 cm³/mol. The van der Waals surface area contributed by atoms with Crippen LogP contribution in [0.1, 0.15) is 16.7 Å². The number of methoxy groups -OCH3 is 1. The molecule has 0 N–H and O–H groups in total. The van der Waals surface area contributed by atoms with Crippen LogP contribution in [0.4, 0.5) is 5.69 Å². The van der Waals surface area contributed by atoms with Crippen molar-refractivity contribution in [2.45, 2.75) is 19.2 Å². The number of esters is 1. The minimum atomic E-state index is -0.481. The summed E-state index contributed by atoms with van der Waals surface area (Å²) in [6, 6.07) is 2.81. The Morgan fingerprint density at radius 2 is 2.18 bits per heavy atom. The number of halogens is 1. The van der Waals surface area contributed by atoms with Crippen LogP contribution >= 0.6 is 11.6 Å². The van der Waals surface area contributed by atoms with Crippen LogP contribution < -0.4 is 0 Å². The number of hydrogen-bond acceptors (Lipinski definition) is 4. The summed E-state index contributed by atoms with van der Waals surface area (Å²) in [7, 11) is 1.30. The standard InChI is InChI=1S/C11H12ClNO4/c1-7-3-9(13(15)16)4-8(6-12)10(7)5-11(14)17-2/h3-4H,5-6H2,1-2H3. The molecule has 1 aromatic rings. The third kappa shape index (κ3) is 3.17. The van der Waals surface area contributed by atoms with Gasteiger partial charge in [0, 0.05) is 18.0 Å². The summed E-state index contributed by atoms with van der Waals surface area (Å²) in [6.07, 6.45) is 0.0718. The highest BCUT2D eigenvalue weighted by atomic mass is 35.5. The monoisotopic (exact) mass is 257 g/mol. The molecule has 0 radical (unpaired) electrons. The number of hydrogen-bond donors (Lipinski definition) is 0. The molecular weight excluding hydrogens is 246 g/mol. The van der Waals surface area contributed by atoms with Gasteiger partial charge in [-0.15, -0.1) is 11.6 Å². The van der Waals surface area contributed by atoms with Gasteiger partial charge in [-0.05, 0) is 23.6 Å². The summed E-state index contributed by atoms with van der Waals surface area (Å²) >= 11 is 5.73. The summed E-state index contributed by atoms with van der Waals surface area (Å²) in [5.74, 6) is -0.275. The number of ether oxygens (including phenoxy) is 1. The van der Waals surface area contributed by atoms with Crippen molar-refractivity contribution in [2.24, 2.45) is 0 Å². The second kappa shape index (κ2) is 5.63. The van der Waals surface area contributed by atoms with Gasteiger partial charge in [-0.25, -0.2) is 0 Å². The predicted octanol–water partition coefficient (Wildman–Crippen LogP) is 2.36. The molecule has 0 fully saturated rings. The van der Waals surface area contributed by atoms with Gasteiger partial charge in [-0.2, -0.15) is 0 Å². The van der Waals surface area contributed by atoms with E-state index in [1.165, 1.54) is 19.2 Å². The van der Waals surface area contributed by atoms with Gasteiger partial charge in [0.2, 0.25) is 0 Å². The van der Waals surface area contributed by atoms with Crippen molar-refractivity contribution in [3.05, 3.63) is 38.9 Å². The van der Waals surface area contributed by atoms with E-state index in [4.69, 9.17) is 11.6 Å². The van der Waals surface area contributed by atoms with E-state index in [2.05, 4.69) is 4.74 Å². The highest BCUT2D eigenvalue weighted by molar-refractivity contribution is 6.17. The van der Waals surface area contributed by atoms with E-state index < -0.39 is 10.9 Å². The third-order valence-corrected chi connectivity index (χ3v) is 2.74. The number of non-ortho nitro benzene ring substituents is 1. The minimum Gasteiger partial charge on any atom is -0.469 e. The van der Waals surface area contributed by atoms with E-state index in [1.54, 1.807) is 6.92 Å². The fourth-order valence-electron chi connectivity index (χ4n) is 1.56. The van der Waals surface area contributed by atoms with Crippen molar-refractivity contribution in [1.29, 1.82) is 0 Å². The first kappa shape index (κ1) is 13.4. The van der Waals surface area contributed by atoms with Crippen molar-refractivity contribution in [2.75, 3.05) is 7.11 Å². The van der Waals surface area contributed by atoms with Crippen molar-refractivity contribution < 1.29 is 14.5 Å². The van der Waals surface area contributed by atoms with Gasteiger partial charge in [0.05, 0.1) is 18.5 Å². The Labute approximate surface area is 103 Å². The maximum atomic E-state index is 11.2. The van der Waals surface area contributed by atoms with Crippen molar-refractivity contribution in [3.63, 3.8) is 0 Å². The number of carbonyl (C=O) groups excluding carboxylic acids is 1. The molecule has 1 rings (SSSR count). The normalized spacial score (nSPS) is 10.1. The Bertz CT molecular complexity index is 459. The van der Waals surface area contributed by atoms with Gasteiger partial charge >= 0.3 is 5.97 Å². The van der Waals surface area contributed by atoms with E-state index in [9.17, 15) is 14.9 Å². The molecule has 0 saturated carbocycles. The number of nitrogens with zero attached hydrogens (tertiary/aromatic N) is 1. The summed E-state index contributed by atoms with van der Waals surface area (Å²) in [5.41, 5.74) is 1.92. The van der Waals surface area contributed by atoms with E-state index in [1.807, 2.05) is 0 Å². The smallest absolute Gasteiger partial charge is 0.309 e. The highest BCUT2D eigenvalue weighted by Crippen LogP contribution is 2.24. The fraction of sp³-hybridized carbons (Fsp3) is 0.364. The number of carbonyl (C=O) groups is 1. The Morgan fingerprint density at radius 1 is 1.53 bits per heavy atom. The number of aryl methyl sites for hydroxylation is 1. The molecule has 0 amide bonds. The lowest BCUT2D eigenvalue weighted by Crippen LogP contribution is -2.08. The van der Waals surface area contributed by atoms with Crippen molar-refractivity contribution in [1.82, 2.24) is 0 Å². The second-order valence-electron chi connectivity index (χ2n) is 3.54. The molecule has 5 nitrogen and oxygen atoms in total. The average Bonchev–Trinajstić information content (AvgIpc) is 2.30. The lowest BCUT2D eigenvalue weighted by molar-refractivity contribution is -0.385. The van der Waals surface area contributed by atoms with Gasteiger partial charge in [0.1, 0.15) is 0 Å². The van der Waals surface area contributed by atoms with Gasteiger partial charge in [0.15, 0.2) is 0 Å². The molecule has 0 unspecified atom stereocenters. The first-order chi connectivity index (χ1) is 7.99. The maximum Gasteiger partial charge on any atom is 0.309 e. The first-order valence-corrected chi connectivity index (χ1v) is 5.42. The van der Waals surface area contributed by atoms with Crippen LogP contribution in [-0.2, 0) is 21.8 Å². The molecular formula is C11H12ClNO4. The molecule has 0 aliphatic heterocycles. The van der Waals surface area contributed by atoms with E-state index in [0.29, 0.717) is 16.7 Å². The summed E-state index contributed by atoms with van der Waals surface area (Å²) < 4.78 is 4.57. The lowest BCUT2D eigenvalue weighted by Gasteiger charge is -2.09. The van der Waals surface area contributed by atoms with Gasteiger partial charge < -0.3 is 4.74 Å². The van der Waals surface area contributed by atoms with Crippen LogP contribution in [0.5, 0.6) is 0 Å². The lowest BCUT2D eigenvalue weighted by atomic mass is 9.99. The molecule has 0 atom stereocenters. The second-order valence-corrected chi connectivity index (χ2v) is 3.81. The fourth-order valence-corrected chi connectivity index (χ4v) is 1.80. The highest BCUT2D eigenvalue weighted by Gasteiger charge is 2.16. The molecule has 0 spiro atoms. The molecule has 0 heterocycles. The average molecular weight is 258 g/mol. The van der Waals surface area contributed by atoms with Crippen LogP contribution in [0, 0.1) is 17.0 Å². The number of nitro benzene ring substituents is 1. The molecule has 1 aromatic carbocycles. The zero-order valence-electron chi connectivity index (χ0n) is 9.53. The number of nitro groups is 1.